The van der Waals surface area contributed by atoms with Crippen LogP contribution >= 0.6 is 23.5 Å². The van der Waals surface area contributed by atoms with Gasteiger partial charge in [-0.2, -0.15) is 23.5 Å². The fourth-order valence-corrected chi connectivity index (χ4v) is 4.81. The van der Waals surface area contributed by atoms with Crippen LogP contribution in [0.25, 0.3) is 0 Å². The SMILES string of the molecule is CCOC(=O)c1cc(CNCC2CSCCS2)[nH]c1C. The second kappa shape index (κ2) is 8.00. The Kier molecular flexibility index (Phi) is 6.32. The van der Waals surface area contributed by atoms with Crippen molar-refractivity contribution in [3.05, 3.63) is 23.0 Å². The van der Waals surface area contributed by atoms with Crippen LogP contribution in [0.15, 0.2) is 6.07 Å². The Morgan fingerprint density at radius 2 is 2.40 bits per heavy atom. The van der Waals surface area contributed by atoms with Gasteiger partial charge in [-0.15, -0.1) is 0 Å². The number of carbonyl (C=O) groups is 1. The topological polar surface area (TPSA) is 54.1 Å². The molecule has 1 aromatic rings. The second-order valence-electron chi connectivity index (χ2n) is 4.75. The number of nitrogens with one attached hydrogen (secondary N) is 2. The third-order valence-corrected chi connectivity index (χ3v) is 5.98. The number of aryl methyl sites for hydroxylation is 1. The number of aromatic nitrogens is 1. The van der Waals surface area contributed by atoms with E-state index in [0.29, 0.717) is 17.4 Å². The molecule has 0 aliphatic carbocycles. The van der Waals surface area contributed by atoms with Crippen LogP contribution in [0.5, 0.6) is 0 Å². The van der Waals surface area contributed by atoms with Gasteiger partial charge < -0.3 is 15.0 Å². The Balaban J connectivity index is 1.81. The smallest absolute Gasteiger partial charge is 0.339 e. The number of hydrogen-bond acceptors (Lipinski definition) is 5. The number of rotatable bonds is 6. The zero-order chi connectivity index (χ0) is 14.4. The lowest BCUT2D eigenvalue weighted by Gasteiger charge is -2.21. The van der Waals surface area contributed by atoms with Gasteiger partial charge in [0.2, 0.25) is 0 Å². The number of thioether (sulfide) groups is 2. The molecule has 2 rings (SSSR count). The van der Waals surface area contributed by atoms with Gasteiger partial charge in [0.1, 0.15) is 0 Å². The third kappa shape index (κ3) is 4.46. The Morgan fingerprint density at radius 3 is 3.10 bits per heavy atom. The summed E-state index contributed by atoms with van der Waals surface area (Å²) in [6, 6.07) is 1.89. The van der Waals surface area contributed by atoms with Gasteiger partial charge in [-0.05, 0) is 19.9 Å². The zero-order valence-electron chi connectivity index (χ0n) is 12.0. The maximum Gasteiger partial charge on any atom is 0.339 e. The highest BCUT2D eigenvalue weighted by atomic mass is 32.2. The first-order chi connectivity index (χ1) is 9.70. The van der Waals surface area contributed by atoms with Crippen LogP contribution in [-0.2, 0) is 11.3 Å². The molecule has 0 aromatic carbocycles. The van der Waals surface area contributed by atoms with Crippen molar-refractivity contribution in [2.75, 3.05) is 30.4 Å². The molecule has 0 radical (unpaired) electrons. The molecule has 0 amide bonds. The quantitative estimate of drug-likeness (QED) is 0.790. The molecule has 1 aliphatic rings. The maximum absolute atomic E-state index is 11.7. The van der Waals surface area contributed by atoms with Crippen LogP contribution in [0.3, 0.4) is 0 Å². The molecule has 1 fully saturated rings. The monoisotopic (exact) mass is 314 g/mol. The second-order valence-corrected chi connectivity index (χ2v) is 7.31. The van der Waals surface area contributed by atoms with E-state index in [1.165, 1.54) is 17.3 Å². The van der Waals surface area contributed by atoms with Crippen LogP contribution in [0, 0.1) is 6.92 Å². The Hall–Kier alpha value is -0.590. The van der Waals surface area contributed by atoms with Gasteiger partial charge in [0.15, 0.2) is 0 Å². The zero-order valence-corrected chi connectivity index (χ0v) is 13.7. The molecule has 1 aromatic heterocycles. The van der Waals surface area contributed by atoms with E-state index in [1.807, 2.05) is 31.7 Å². The number of H-pyrrole nitrogens is 1. The summed E-state index contributed by atoms with van der Waals surface area (Å²) in [5.74, 6) is 3.52. The summed E-state index contributed by atoms with van der Waals surface area (Å²) < 4.78 is 5.04. The fraction of sp³-hybridized carbons (Fsp3) is 0.643. The van der Waals surface area contributed by atoms with E-state index in [9.17, 15) is 4.79 Å². The van der Waals surface area contributed by atoms with E-state index in [2.05, 4.69) is 22.1 Å². The predicted molar refractivity (Wildman–Crippen MR) is 86.8 cm³/mol. The standard InChI is InChI=1S/C14H22N2O2S2/c1-3-18-14(17)13-6-11(16-10(13)2)7-15-8-12-9-19-4-5-20-12/h6,12,15-16H,3-5,7-9H2,1-2H3. The molecule has 0 bridgehead atoms. The van der Waals surface area contributed by atoms with E-state index < -0.39 is 0 Å². The van der Waals surface area contributed by atoms with Crippen LogP contribution in [0.2, 0.25) is 0 Å². The van der Waals surface area contributed by atoms with Crippen LogP contribution in [-0.4, -0.2) is 46.6 Å². The summed E-state index contributed by atoms with van der Waals surface area (Å²) >= 11 is 4.09. The number of carbonyl (C=O) groups excluding carboxylic acids is 1. The Morgan fingerprint density at radius 1 is 1.55 bits per heavy atom. The summed E-state index contributed by atoms with van der Waals surface area (Å²) in [5.41, 5.74) is 2.56. The number of ether oxygens (including phenoxy) is 1. The lowest BCUT2D eigenvalue weighted by atomic mass is 10.2. The highest BCUT2D eigenvalue weighted by Gasteiger charge is 2.15. The van der Waals surface area contributed by atoms with E-state index in [-0.39, 0.29) is 5.97 Å². The average Bonchev–Trinajstić information content (AvgIpc) is 2.81. The lowest BCUT2D eigenvalue weighted by molar-refractivity contribution is 0.0525. The van der Waals surface area contributed by atoms with Crippen LogP contribution in [0.4, 0.5) is 0 Å². The van der Waals surface area contributed by atoms with Crippen molar-refractivity contribution in [2.24, 2.45) is 0 Å². The minimum Gasteiger partial charge on any atom is -0.462 e. The summed E-state index contributed by atoms with van der Waals surface area (Å²) in [4.78, 5) is 15.0. The summed E-state index contributed by atoms with van der Waals surface area (Å²) in [6.07, 6.45) is 0. The van der Waals surface area contributed by atoms with Crippen molar-refractivity contribution in [3.8, 4) is 0 Å². The average molecular weight is 314 g/mol. The summed E-state index contributed by atoms with van der Waals surface area (Å²) in [5, 5.41) is 4.17. The number of aromatic amines is 1. The lowest BCUT2D eigenvalue weighted by Crippen LogP contribution is -2.28. The number of esters is 1. The minimum atomic E-state index is -0.244. The van der Waals surface area contributed by atoms with Gasteiger partial charge in [-0.25, -0.2) is 4.79 Å². The fourth-order valence-electron chi connectivity index (χ4n) is 2.17. The molecular formula is C14H22N2O2S2. The Labute approximate surface area is 128 Å². The first kappa shape index (κ1) is 15.8. The molecule has 6 heteroatoms. The van der Waals surface area contributed by atoms with Crippen molar-refractivity contribution in [1.82, 2.24) is 10.3 Å². The van der Waals surface area contributed by atoms with E-state index in [4.69, 9.17) is 4.74 Å². The van der Waals surface area contributed by atoms with E-state index in [1.54, 1.807) is 0 Å². The molecule has 1 saturated heterocycles. The van der Waals surface area contributed by atoms with Crippen molar-refractivity contribution >= 4 is 29.5 Å². The van der Waals surface area contributed by atoms with Crippen molar-refractivity contribution in [3.63, 3.8) is 0 Å². The first-order valence-electron chi connectivity index (χ1n) is 6.96. The summed E-state index contributed by atoms with van der Waals surface area (Å²) in [7, 11) is 0. The van der Waals surface area contributed by atoms with Crippen LogP contribution in [0.1, 0.15) is 28.7 Å². The molecule has 112 valence electrons. The normalized spacial score (nSPS) is 19.0. The Bertz CT molecular complexity index is 442. The third-order valence-electron chi connectivity index (χ3n) is 3.14. The maximum atomic E-state index is 11.7. The molecule has 2 N–H and O–H groups in total. The molecule has 1 atom stereocenters. The van der Waals surface area contributed by atoms with Gasteiger partial charge in [0, 0.05) is 47.0 Å². The highest BCUT2D eigenvalue weighted by molar-refractivity contribution is 8.06. The van der Waals surface area contributed by atoms with Crippen molar-refractivity contribution < 1.29 is 9.53 Å². The highest BCUT2D eigenvalue weighted by Crippen LogP contribution is 2.23. The molecule has 2 heterocycles. The first-order valence-corrected chi connectivity index (χ1v) is 9.16. The predicted octanol–water partition coefficient (Wildman–Crippen LogP) is 2.44. The van der Waals surface area contributed by atoms with Gasteiger partial charge in [-0.3, -0.25) is 0 Å². The molecule has 4 nitrogen and oxygen atoms in total. The van der Waals surface area contributed by atoms with Gasteiger partial charge in [0.05, 0.1) is 12.2 Å². The number of hydrogen-bond donors (Lipinski definition) is 2. The minimum absolute atomic E-state index is 0.244. The molecule has 1 aliphatic heterocycles. The largest absolute Gasteiger partial charge is 0.462 e. The van der Waals surface area contributed by atoms with Crippen LogP contribution < -0.4 is 5.32 Å². The molecule has 0 spiro atoms. The van der Waals surface area contributed by atoms with Crippen molar-refractivity contribution in [2.45, 2.75) is 25.6 Å². The van der Waals surface area contributed by atoms with E-state index in [0.717, 1.165) is 24.5 Å². The van der Waals surface area contributed by atoms with E-state index >= 15 is 0 Å². The van der Waals surface area contributed by atoms with Gasteiger partial charge in [0.25, 0.3) is 0 Å². The van der Waals surface area contributed by atoms with Gasteiger partial charge in [-0.1, -0.05) is 0 Å². The molecule has 20 heavy (non-hydrogen) atoms. The summed E-state index contributed by atoms with van der Waals surface area (Å²) in [6.45, 7) is 5.92. The van der Waals surface area contributed by atoms with Crippen molar-refractivity contribution in [1.29, 1.82) is 0 Å². The molecule has 0 saturated carbocycles. The molecule has 1 unspecified atom stereocenters. The van der Waals surface area contributed by atoms with Gasteiger partial charge >= 0.3 is 5.97 Å². The molecular weight excluding hydrogens is 292 g/mol.